The molecule has 17 heavy (non-hydrogen) atoms. The van der Waals surface area contributed by atoms with Crippen LogP contribution in [-0.4, -0.2) is 22.6 Å². The van der Waals surface area contributed by atoms with E-state index in [1.165, 1.54) is 31.4 Å². The van der Waals surface area contributed by atoms with Gasteiger partial charge in [-0.1, -0.05) is 13.8 Å². The van der Waals surface area contributed by atoms with Crippen LogP contribution in [0.5, 0.6) is 0 Å². The Kier molecular flexibility index (Phi) is 2.74. The number of nitrogens with zero attached hydrogens (tertiary/aromatic N) is 2. The number of imidazole rings is 1. The van der Waals surface area contributed by atoms with Crippen molar-refractivity contribution in [3.8, 4) is 0 Å². The molecule has 1 aliphatic heterocycles. The van der Waals surface area contributed by atoms with Crippen LogP contribution >= 0.6 is 0 Å². The summed E-state index contributed by atoms with van der Waals surface area (Å²) >= 11 is 0. The Bertz CT molecular complexity index is 388. The Morgan fingerprint density at radius 3 is 2.94 bits per heavy atom. The van der Waals surface area contributed by atoms with Gasteiger partial charge in [0.2, 0.25) is 0 Å². The Labute approximate surface area is 104 Å². The van der Waals surface area contributed by atoms with E-state index in [0.717, 1.165) is 13.1 Å². The van der Waals surface area contributed by atoms with E-state index >= 15 is 0 Å². The summed E-state index contributed by atoms with van der Waals surface area (Å²) in [7, 11) is 0. The highest BCUT2D eigenvalue weighted by Gasteiger charge is 2.33. The molecular formula is C14H23N3. The van der Waals surface area contributed by atoms with E-state index in [-0.39, 0.29) is 0 Å². The molecule has 1 N–H and O–H groups in total. The van der Waals surface area contributed by atoms with Crippen LogP contribution in [0.2, 0.25) is 0 Å². The molecule has 3 nitrogen and oxygen atoms in total. The van der Waals surface area contributed by atoms with Crippen molar-refractivity contribution in [2.45, 2.75) is 51.5 Å². The maximum atomic E-state index is 4.39. The lowest BCUT2D eigenvalue weighted by Gasteiger charge is -2.21. The fraction of sp³-hybridized carbons (Fsp3) is 0.786. The largest absolute Gasteiger partial charge is 0.331 e. The maximum Gasteiger partial charge on any atom is 0.0950 e. The lowest BCUT2D eigenvalue weighted by Crippen LogP contribution is -2.15. The van der Waals surface area contributed by atoms with Gasteiger partial charge in [-0.25, -0.2) is 4.98 Å². The van der Waals surface area contributed by atoms with E-state index < -0.39 is 0 Å². The maximum absolute atomic E-state index is 4.39. The zero-order valence-corrected chi connectivity index (χ0v) is 10.9. The van der Waals surface area contributed by atoms with E-state index in [9.17, 15) is 0 Å². The first kappa shape index (κ1) is 11.3. The first-order valence-corrected chi connectivity index (χ1v) is 6.88. The number of aromatic nitrogens is 2. The average Bonchev–Trinajstić information content (AvgIpc) is 2.93. The lowest BCUT2D eigenvalue weighted by atomic mass is 9.91. The molecule has 0 amide bonds. The average molecular weight is 233 g/mol. The second-order valence-corrected chi connectivity index (χ2v) is 6.48. The molecule has 1 aromatic rings. The molecule has 0 aromatic carbocycles. The van der Waals surface area contributed by atoms with Crippen molar-refractivity contribution in [1.82, 2.24) is 14.9 Å². The minimum absolute atomic E-state index is 0.514. The minimum atomic E-state index is 0.514. The highest BCUT2D eigenvalue weighted by atomic mass is 15.1. The van der Waals surface area contributed by atoms with Gasteiger partial charge >= 0.3 is 0 Å². The summed E-state index contributed by atoms with van der Waals surface area (Å²) in [5.41, 5.74) is 1.97. The van der Waals surface area contributed by atoms with Crippen molar-refractivity contribution < 1.29 is 0 Å². The third-order valence-corrected chi connectivity index (χ3v) is 4.51. The van der Waals surface area contributed by atoms with Crippen LogP contribution in [-0.2, 0) is 0 Å². The Balaban J connectivity index is 1.81. The molecule has 1 aromatic heterocycles. The van der Waals surface area contributed by atoms with Crippen LogP contribution in [0.15, 0.2) is 12.5 Å². The summed E-state index contributed by atoms with van der Waals surface area (Å²) in [6.07, 6.45) is 9.37. The molecule has 3 heteroatoms. The summed E-state index contributed by atoms with van der Waals surface area (Å²) in [5, 5.41) is 3.45. The molecule has 1 saturated heterocycles. The van der Waals surface area contributed by atoms with Gasteiger partial charge in [0.05, 0.1) is 6.33 Å². The molecule has 0 radical (unpaired) electrons. The molecule has 2 heterocycles. The fourth-order valence-corrected chi connectivity index (χ4v) is 3.48. The minimum Gasteiger partial charge on any atom is -0.331 e. The first-order chi connectivity index (χ1) is 8.16. The number of hydrogen-bond acceptors (Lipinski definition) is 2. The molecule has 1 aliphatic carbocycles. The second kappa shape index (κ2) is 4.13. The molecular weight excluding hydrogens is 210 g/mol. The van der Waals surface area contributed by atoms with Gasteiger partial charge in [-0.3, -0.25) is 0 Å². The van der Waals surface area contributed by atoms with Crippen LogP contribution in [0, 0.1) is 5.41 Å². The smallest absolute Gasteiger partial charge is 0.0950 e. The third kappa shape index (κ3) is 2.13. The monoisotopic (exact) mass is 233 g/mol. The van der Waals surface area contributed by atoms with E-state index in [0.29, 0.717) is 17.4 Å². The van der Waals surface area contributed by atoms with E-state index in [4.69, 9.17) is 0 Å². The van der Waals surface area contributed by atoms with E-state index in [2.05, 4.69) is 41.2 Å². The third-order valence-electron chi connectivity index (χ3n) is 4.51. The Morgan fingerprint density at radius 1 is 1.41 bits per heavy atom. The molecule has 94 valence electrons. The van der Waals surface area contributed by atoms with Crippen molar-refractivity contribution in [3.63, 3.8) is 0 Å². The molecule has 2 atom stereocenters. The van der Waals surface area contributed by atoms with Gasteiger partial charge in [0.15, 0.2) is 0 Å². The summed E-state index contributed by atoms with van der Waals surface area (Å²) in [6, 6.07) is 0.683. The standard InChI is InChI=1S/C14H23N3/c1-14(2)5-3-12(7-14)17-10-16-9-13(17)11-4-6-15-8-11/h9-12,15H,3-8H2,1-2H3. The number of rotatable bonds is 2. The van der Waals surface area contributed by atoms with Gasteiger partial charge in [0.1, 0.15) is 0 Å². The zero-order valence-electron chi connectivity index (χ0n) is 10.9. The Morgan fingerprint density at radius 2 is 2.29 bits per heavy atom. The predicted octanol–water partition coefficient (Wildman–Crippen LogP) is 2.71. The van der Waals surface area contributed by atoms with Gasteiger partial charge in [0.25, 0.3) is 0 Å². The molecule has 1 saturated carbocycles. The highest BCUT2D eigenvalue weighted by molar-refractivity contribution is 5.11. The second-order valence-electron chi connectivity index (χ2n) is 6.48. The van der Waals surface area contributed by atoms with E-state index in [1.54, 1.807) is 0 Å². The molecule has 2 unspecified atom stereocenters. The summed E-state index contributed by atoms with van der Waals surface area (Å²) in [6.45, 7) is 7.06. The van der Waals surface area contributed by atoms with Gasteiger partial charge in [-0.15, -0.1) is 0 Å². The SMILES string of the molecule is CC1(C)CCC(n2cncc2C2CCNC2)C1. The van der Waals surface area contributed by atoms with Crippen LogP contribution in [0.4, 0.5) is 0 Å². The van der Waals surface area contributed by atoms with Gasteiger partial charge in [-0.05, 0) is 37.6 Å². The van der Waals surface area contributed by atoms with Crippen LogP contribution < -0.4 is 5.32 Å². The fourth-order valence-electron chi connectivity index (χ4n) is 3.48. The summed E-state index contributed by atoms with van der Waals surface area (Å²) in [4.78, 5) is 4.39. The van der Waals surface area contributed by atoms with Crippen molar-refractivity contribution in [3.05, 3.63) is 18.2 Å². The van der Waals surface area contributed by atoms with Gasteiger partial charge < -0.3 is 9.88 Å². The molecule has 3 rings (SSSR count). The van der Waals surface area contributed by atoms with Gasteiger partial charge in [0, 0.05) is 30.4 Å². The first-order valence-electron chi connectivity index (χ1n) is 6.88. The topological polar surface area (TPSA) is 29.9 Å². The molecule has 2 aliphatic rings. The number of hydrogen-bond donors (Lipinski definition) is 1. The molecule has 2 fully saturated rings. The van der Waals surface area contributed by atoms with E-state index in [1.807, 2.05) is 0 Å². The van der Waals surface area contributed by atoms with Crippen molar-refractivity contribution in [2.24, 2.45) is 5.41 Å². The van der Waals surface area contributed by atoms with Crippen molar-refractivity contribution in [1.29, 1.82) is 0 Å². The van der Waals surface area contributed by atoms with Crippen LogP contribution in [0.25, 0.3) is 0 Å². The Hall–Kier alpha value is -0.830. The molecule has 0 bridgehead atoms. The van der Waals surface area contributed by atoms with Gasteiger partial charge in [-0.2, -0.15) is 0 Å². The predicted molar refractivity (Wildman–Crippen MR) is 69.1 cm³/mol. The van der Waals surface area contributed by atoms with Crippen molar-refractivity contribution in [2.75, 3.05) is 13.1 Å². The zero-order chi connectivity index (χ0) is 11.9. The van der Waals surface area contributed by atoms with Crippen LogP contribution in [0.3, 0.4) is 0 Å². The van der Waals surface area contributed by atoms with Crippen LogP contribution in [0.1, 0.15) is 57.2 Å². The summed E-state index contributed by atoms with van der Waals surface area (Å²) < 4.78 is 2.46. The quantitative estimate of drug-likeness (QED) is 0.851. The molecule has 0 spiro atoms. The lowest BCUT2D eigenvalue weighted by molar-refractivity contribution is 0.355. The number of nitrogens with one attached hydrogen (secondary N) is 1. The highest BCUT2D eigenvalue weighted by Crippen LogP contribution is 2.44. The normalized spacial score (nSPS) is 32.1. The summed E-state index contributed by atoms with van der Waals surface area (Å²) in [5.74, 6) is 0.682. The van der Waals surface area contributed by atoms with Crippen molar-refractivity contribution >= 4 is 0 Å².